The molecule has 0 fully saturated rings. The highest BCUT2D eigenvalue weighted by Gasteiger charge is 2.41. The number of hydrogen-bond acceptors (Lipinski definition) is 1. The van der Waals surface area contributed by atoms with Gasteiger partial charge in [0.2, 0.25) is 0 Å². The van der Waals surface area contributed by atoms with Crippen molar-refractivity contribution < 1.29 is 0 Å². The van der Waals surface area contributed by atoms with Gasteiger partial charge in [-0.15, -0.1) is 0 Å². The van der Waals surface area contributed by atoms with E-state index in [2.05, 4.69) is 289 Å². The first kappa shape index (κ1) is 40.0. The number of fused-ring (bicyclic) bond motifs is 4. The van der Waals surface area contributed by atoms with Crippen molar-refractivity contribution in [1.82, 2.24) is 4.57 Å². The molecule has 12 rings (SSSR count). The fourth-order valence-corrected chi connectivity index (χ4v) is 15.3. The monoisotopic (exact) mass is 870 g/mol. The maximum Gasteiger partial charge on any atom is 0.179 e. The summed E-state index contributed by atoms with van der Waals surface area (Å²) < 4.78 is 2.46. The van der Waals surface area contributed by atoms with E-state index in [0.29, 0.717) is 0 Å². The van der Waals surface area contributed by atoms with Crippen molar-refractivity contribution >= 4 is 78.5 Å². The van der Waals surface area contributed by atoms with E-state index in [-0.39, 0.29) is 0 Å². The summed E-state index contributed by atoms with van der Waals surface area (Å²) >= 11 is 0. The SMILES string of the molecule is c1ccc(-c2ccccc2-n2c3ccccc3c3c(N(c4ccc(-c5cccc6ccccc56)cc4)c4ccc([Si](c5ccccc5)(c5ccccc5)c5ccccc5)cc4)cccc32)cc1. The smallest absolute Gasteiger partial charge is 0.179 e. The molecule has 0 amide bonds. The molecule has 0 N–H and O–H groups in total. The third-order valence-corrected chi connectivity index (χ3v) is 18.3. The summed E-state index contributed by atoms with van der Waals surface area (Å²) in [4.78, 5) is 2.47. The highest BCUT2D eigenvalue weighted by molar-refractivity contribution is 7.19. The van der Waals surface area contributed by atoms with Gasteiger partial charge in [-0.1, -0.05) is 231 Å². The highest BCUT2D eigenvalue weighted by atomic mass is 28.3. The van der Waals surface area contributed by atoms with Crippen LogP contribution in [-0.4, -0.2) is 12.6 Å². The van der Waals surface area contributed by atoms with Crippen molar-refractivity contribution in [2.45, 2.75) is 0 Å². The molecule has 0 saturated heterocycles. The predicted molar refractivity (Wildman–Crippen MR) is 287 cm³/mol. The molecule has 316 valence electrons. The maximum atomic E-state index is 2.47. The van der Waals surface area contributed by atoms with Crippen LogP contribution in [0, 0.1) is 0 Å². The number of aromatic nitrogens is 1. The lowest BCUT2D eigenvalue weighted by molar-refractivity contribution is 1.18. The molecule has 11 aromatic carbocycles. The third-order valence-electron chi connectivity index (χ3n) is 13.6. The Bertz CT molecular complexity index is 3560. The summed E-state index contributed by atoms with van der Waals surface area (Å²) in [5.74, 6) is 0. The summed E-state index contributed by atoms with van der Waals surface area (Å²) in [6.07, 6.45) is 0. The first-order valence-corrected chi connectivity index (χ1v) is 25.1. The van der Waals surface area contributed by atoms with Crippen LogP contribution in [0.25, 0.3) is 60.5 Å². The summed E-state index contributed by atoms with van der Waals surface area (Å²) in [6, 6.07) is 103. The van der Waals surface area contributed by atoms with Crippen LogP contribution in [0.2, 0.25) is 0 Å². The highest BCUT2D eigenvalue weighted by Crippen LogP contribution is 2.45. The first-order chi connectivity index (χ1) is 33.3. The Morgan fingerprint density at radius 1 is 0.299 bits per heavy atom. The van der Waals surface area contributed by atoms with Gasteiger partial charge in [-0.25, -0.2) is 0 Å². The van der Waals surface area contributed by atoms with Gasteiger partial charge < -0.3 is 9.47 Å². The Morgan fingerprint density at radius 2 is 0.746 bits per heavy atom. The topological polar surface area (TPSA) is 8.17 Å². The zero-order valence-corrected chi connectivity index (χ0v) is 38.0. The van der Waals surface area contributed by atoms with Crippen molar-refractivity contribution in [3.05, 3.63) is 279 Å². The molecule has 0 radical (unpaired) electrons. The Kier molecular flexibility index (Phi) is 10.2. The van der Waals surface area contributed by atoms with Gasteiger partial charge in [-0.3, -0.25) is 0 Å². The molecule has 12 aromatic rings. The average molecular weight is 871 g/mol. The van der Waals surface area contributed by atoms with Gasteiger partial charge in [0.25, 0.3) is 0 Å². The van der Waals surface area contributed by atoms with Gasteiger partial charge in [0, 0.05) is 27.7 Å². The van der Waals surface area contributed by atoms with Crippen molar-refractivity contribution in [2.24, 2.45) is 0 Å². The zero-order valence-electron chi connectivity index (χ0n) is 37.0. The van der Waals surface area contributed by atoms with E-state index in [0.717, 1.165) is 28.3 Å². The second kappa shape index (κ2) is 17.1. The Morgan fingerprint density at radius 3 is 1.40 bits per heavy atom. The molecule has 0 aliphatic heterocycles. The van der Waals surface area contributed by atoms with Gasteiger partial charge in [-0.05, 0) is 96.7 Å². The summed E-state index contributed by atoms with van der Waals surface area (Å²) in [6.45, 7) is 0. The van der Waals surface area contributed by atoms with Crippen LogP contribution >= 0.6 is 0 Å². The van der Waals surface area contributed by atoms with E-state index < -0.39 is 8.07 Å². The number of benzene rings is 11. The van der Waals surface area contributed by atoms with Crippen LogP contribution in [-0.2, 0) is 0 Å². The van der Waals surface area contributed by atoms with E-state index in [9.17, 15) is 0 Å². The molecule has 1 aromatic heterocycles. The van der Waals surface area contributed by atoms with Crippen molar-refractivity contribution in [1.29, 1.82) is 0 Å². The second-order valence-corrected chi connectivity index (χ2v) is 21.0. The molecule has 1 heterocycles. The van der Waals surface area contributed by atoms with Gasteiger partial charge in [0.05, 0.1) is 22.4 Å². The van der Waals surface area contributed by atoms with Crippen molar-refractivity contribution in [2.75, 3.05) is 4.90 Å². The van der Waals surface area contributed by atoms with Crippen LogP contribution in [0.1, 0.15) is 0 Å². The van der Waals surface area contributed by atoms with Gasteiger partial charge in [-0.2, -0.15) is 0 Å². The molecule has 0 saturated carbocycles. The normalized spacial score (nSPS) is 11.6. The fraction of sp³-hybridized carbons (Fsp3) is 0. The lowest BCUT2D eigenvalue weighted by atomic mass is 9.98. The molecule has 3 heteroatoms. The molecule has 0 unspecified atom stereocenters. The Balaban J connectivity index is 1.09. The van der Waals surface area contributed by atoms with Gasteiger partial charge in [0.15, 0.2) is 8.07 Å². The number of rotatable bonds is 10. The van der Waals surface area contributed by atoms with E-state index in [4.69, 9.17) is 0 Å². The number of hydrogen-bond donors (Lipinski definition) is 0. The zero-order chi connectivity index (χ0) is 44.6. The predicted octanol–water partition coefficient (Wildman–Crippen LogP) is 14.1. The fourth-order valence-electron chi connectivity index (χ4n) is 10.6. The number of para-hydroxylation sites is 2. The molecule has 0 aliphatic carbocycles. The minimum atomic E-state index is -2.75. The number of anilines is 3. The molecule has 67 heavy (non-hydrogen) atoms. The largest absolute Gasteiger partial charge is 0.310 e. The quantitative estimate of drug-likeness (QED) is 0.0982. The van der Waals surface area contributed by atoms with Crippen LogP contribution < -0.4 is 25.6 Å². The molecular weight excluding hydrogens is 825 g/mol. The van der Waals surface area contributed by atoms with E-state index in [1.54, 1.807) is 0 Å². The lowest BCUT2D eigenvalue weighted by Crippen LogP contribution is -2.74. The first-order valence-electron chi connectivity index (χ1n) is 23.1. The number of nitrogens with zero attached hydrogens (tertiary/aromatic N) is 2. The minimum absolute atomic E-state index is 1.09. The summed E-state index contributed by atoms with van der Waals surface area (Å²) in [5, 5.41) is 10.3. The molecule has 0 aliphatic rings. The van der Waals surface area contributed by atoms with Crippen LogP contribution in [0.5, 0.6) is 0 Å². The Hall–Kier alpha value is -8.50. The molecular formula is C64H46N2Si. The molecule has 0 spiro atoms. The Labute approximate surface area is 392 Å². The van der Waals surface area contributed by atoms with Crippen LogP contribution in [0.4, 0.5) is 17.1 Å². The summed E-state index contributed by atoms with van der Waals surface area (Å²) in [5.41, 5.74) is 11.6. The lowest BCUT2D eigenvalue weighted by Gasteiger charge is -2.35. The molecule has 2 nitrogen and oxygen atoms in total. The van der Waals surface area contributed by atoms with Crippen molar-refractivity contribution in [3.63, 3.8) is 0 Å². The molecule has 0 atom stereocenters. The van der Waals surface area contributed by atoms with Crippen LogP contribution in [0.3, 0.4) is 0 Å². The molecule has 0 bridgehead atoms. The summed E-state index contributed by atoms with van der Waals surface area (Å²) in [7, 11) is -2.75. The average Bonchev–Trinajstić information content (AvgIpc) is 3.75. The van der Waals surface area contributed by atoms with Crippen molar-refractivity contribution in [3.8, 4) is 27.9 Å². The van der Waals surface area contributed by atoms with E-state index >= 15 is 0 Å². The van der Waals surface area contributed by atoms with E-state index in [1.807, 2.05) is 0 Å². The maximum absolute atomic E-state index is 2.75. The third kappa shape index (κ3) is 6.87. The minimum Gasteiger partial charge on any atom is -0.310 e. The second-order valence-electron chi connectivity index (χ2n) is 17.2. The standard InChI is InChI=1S/C64H46N2Si/c1-5-21-48(22-6-1)58-32-15-17-35-60(58)66-61-36-18-16-33-59(61)64-62(37-20-38-63(64)66)65(50-41-39-49(40-42-50)57-34-19-24-47-23-13-14-31-56(47)57)51-43-45-55(46-44-51)67(52-25-7-2-8-26-52,53-27-9-3-10-28-53)54-29-11-4-12-30-54/h1-46H. The van der Waals surface area contributed by atoms with Crippen LogP contribution in [0.15, 0.2) is 279 Å². The van der Waals surface area contributed by atoms with Gasteiger partial charge in [0.1, 0.15) is 0 Å². The van der Waals surface area contributed by atoms with E-state index in [1.165, 1.54) is 70.1 Å². The van der Waals surface area contributed by atoms with Gasteiger partial charge >= 0.3 is 0 Å².